The second-order valence-corrected chi connectivity index (χ2v) is 5.79. The number of epoxide rings is 1. The monoisotopic (exact) mass is 302 g/mol. The summed E-state index contributed by atoms with van der Waals surface area (Å²) in [5.74, 6) is -0.197. The van der Waals surface area contributed by atoms with Gasteiger partial charge in [-0.1, -0.05) is 75.6 Å². The molecule has 2 unspecified atom stereocenters. The number of carbonyl (C=O) groups is 1. The van der Waals surface area contributed by atoms with Crippen molar-refractivity contribution < 1.29 is 14.3 Å². The molecule has 0 spiro atoms. The van der Waals surface area contributed by atoms with Crippen molar-refractivity contribution in [3.05, 3.63) is 42.0 Å². The summed E-state index contributed by atoms with van der Waals surface area (Å²) in [5.41, 5.74) is 0.372. The Hall–Kier alpha value is -1.61. The number of unbranched alkanes of at least 4 members (excludes halogenated alkanes) is 2. The van der Waals surface area contributed by atoms with E-state index in [2.05, 4.69) is 13.8 Å². The quantitative estimate of drug-likeness (QED) is 0.386. The van der Waals surface area contributed by atoms with Gasteiger partial charge in [-0.05, 0) is 18.4 Å². The molecule has 0 bridgehead atoms. The van der Waals surface area contributed by atoms with Gasteiger partial charge in [-0.15, -0.1) is 0 Å². The van der Waals surface area contributed by atoms with Crippen LogP contribution in [0.5, 0.6) is 0 Å². The highest BCUT2D eigenvalue weighted by Crippen LogP contribution is 2.43. The summed E-state index contributed by atoms with van der Waals surface area (Å²) in [6.45, 7) is 4.69. The van der Waals surface area contributed by atoms with E-state index in [1.54, 1.807) is 0 Å². The highest BCUT2D eigenvalue weighted by molar-refractivity contribution is 5.84. The zero-order valence-corrected chi connectivity index (χ0v) is 13.6. The molecular formula is C19H26O3. The topological polar surface area (TPSA) is 38.8 Å². The average Bonchev–Trinajstić information content (AvgIpc) is 3.27. The minimum Gasteiger partial charge on any atom is -0.463 e. The molecule has 2 rings (SSSR count). The maximum Gasteiger partial charge on any atom is 0.341 e. The minimum atomic E-state index is -0.741. The van der Waals surface area contributed by atoms with Crippen molar-refractivity contribution in [1.82, 2.24) is 0 Å². The van der Waals surface area contributed by atoms with Gasteiger partial charge in [0.2, 0.25) is 0 Å². The molecule has 1 aromatic carbocycles. The molecule has 0 N–H and O–H groups in total. The Morgan fingerprint density at radius 2 is 1.95 bits per heavy atom. The van der Waals surface area contributed by atoms with Crippen molar-refractivity contribution in [3.63, 3.8) is 0 Å². The van der Waals surface area contributed by atoms with Crippen LogP contribution >= 0.6 is 0 Å². The van der Waals surface area contributed by atoms with Crippen LogP contribution in [-0.4, -0.2) is 24.3 Å². The normalized spacial score (nSPS) is 23.6. The Morgan fingerprint density at radius 1 is 1.23 bits per heavy atom. The molecule has 3 heteroatoms. The molecule has 0 saturated carbocycles. The smallest absolute Gasteiger partial charge is 0.341 e. The van der Waals surface area contributed by atoms with E-state index >= 15 is 0 Å². The largest absolute Gasteiger partial charge is 0.463 e. The summed E-state index contributed by atoms with van der Waals surface area (Å²) in [6.07, 6.45) is 8.50. The van der Waals surface area contributed by atoms with Gasteiger partial charge in [0.15, 0.2) is 5.60 Å². The van der Waals surface area contributed by atoms with Crippen molar-refractivity contribution in [2.45, 2.75) is 57.7 Å². The average molecular weight is 302 g/mol. The summed E-state index contributed by atoms with van der Waals surface area (Å²) in [7, 11) is 0. The van der Waals surface area contributed by atoms with Crippen LogP contribution in [0.2, 0.25) is 0 Å². The Kier molecular flexibility index (Phi) is 6.20. The van der Waals surface area contributed by atoms with E-state index in [0.29, 0.717) is 6.61 Å². The zero-order chi connectivity index (χ0) is 15.8. The summed E-state index contributed by atoms with van der Waals surface area (Å²) < 4.78 is 11.2. The van der Waals surface area contributed by atoms with Gasteiger partial charge in [-0.2, -0.15) is 0 Å². The van der Waals surface area contributed by atoms with Crippen molar-refractivity contribution >= 4 is 12.0 Å². The second-order valence-electron chi connectivity index (χ2n) is 5.79. The van der Waals surface area contributed by atoms with Gasteiger partial charge < -0.3 is 9.47 Å². The minimum absolute atomic E-state index is 0.159. The van der Waals surface area contributed by atoms with E-state index in [4.69, 9.17) is 9.47 Å². The third-order valence-corrected chi connectivity index (χ3v) is 3.98. The van der Waals surface area contributed by atoms with E-state index in [0.717, 1.165) is 37.7 Å². The molecule has 3 nitrogen and oxygen atoms in total. The summed E-state index contributed by atoms with van der Waals surface area (Å²) in [4.78, 5) is 12.3. The van der Waals surface area contributed by atoms with Gasteiger partial charge in [-0.3, -0.25) is 0 Å². The molecule has 2 atom stereocenters. The predicted molar refractivity (Wildman–Crippen MR) is 88.5 cm³/mol. The van der Waals surface area contributed by atoms with Crippen molar-refractivity contribution in [1.29, 1.82) is 0 Å². The number of hydrogen-bond acceptors (Lipinski definition) is 3. The molecule has 1 aliphatic heterocycles. The van der Waals surface area contributed by atoms with Gasteiger partial charge in [0, 0.05) is 0 Å². The second kappa shape index (κ2) is 8.14. The number of rotatable bonds is 9. The highest BCUT2D eigenvalue weighted by atomic mass is 16.7. The van der Waals surface area contributed by atoms with Crippen LogP contribution < -0.4 is 0 Å². The molecule has 0 radical (unpaired) electrons. The third kappa shape index (κ3) is 4.20. The lowest BCUT2D eigenvalue weighted by Crippen LogP contribution is -2.29. The van der Waals surface area contributed by atoms with Crippen LogP contribution in [0.3, 0.4) is 0 Å². The van der Waals surface area contributed by atoms with Gasteiger partial charge >= 0.3 is 5.97 Å². The molecule has 1 fully saturated rings. The Morgan fingerprint density at radius 3 is 2.64 bits per heavy atom. The van der Waals surface area contributed by atoms with Crippen molar-refractivity contribution in [2.24, 2.45) is 0 Å². The lowest BCUT2D eigenvalue weighted by molar-refractivity contribution is -0.150. The summed E-state index contributed by atoms with van der Waals surface area (Å²) in [6, 6.07) is 10.0. The van der Waals surface area contributed by atoms with Gasteiger partial charge in [-0.25, -0.2) is 4.79 Å². The first-order valence-corrected chi connectivity index (χ1v) is 8.31. The van der Waals surface area contributed by atoms with Gasteiger partial charge in [0.1, 0.15) is 6.10 Å². The molecule has 0 amide bonds. The molecule has 1 aromatic rings. The summed E-state index contributed by atoms with van der Waals surface area (Å²) >= 11 is 0. The number of esters is 1. The summed E-state index contributed by atoms with van der Waals surface area (Å²) in [5, 5.41) is 0. The molecule has 120 valence electrons. The van der Waals surface area contributed by atoms with Crippen LogP contribution in [0.15, 0.2) is 36.4 Å². The molecule has 0 aromatic heterocycles. The maximum absolute atomic E-state index is 12.3. The Bertz CT molecular complexity index is 495. The molecule has 1 aliphatic rings. The van der Waals surface area contributed by atoms with Crippen LogP contribution in [-0.2, 0) is 14.3 Å². The zero-order valence-electron chi connectivity index (χ0n) is 13.6. The van der Waals surface area contributed by atoms with E-state index in [1.165, 1.54) is 0 Å². The molecule has 1 heterocycles. The molecule has 22 heavy (non-hydrogen) atoms. The predicted octanol–water partition coefficient (Wildman–Crippen LogP) is 4.37. The number of hydrogen-bond donors (Lipinski definition) is 0. The first-order valence-electron chi connectivity index (χ1n) is 8.31. The van der Waals surface area contributed by atoms with Crippen LogP contribution in [0.1, 0.15) is 51.5 Å². The number of benzene rings is 1. The third-order valence-electron chi connectivity index (χ3n) is 3.98. The van der Waals surface area contributed by atoms with Crippen LogP contribution in [0.4, 0.5) is 0 Å². The van der Waals surface area contributed by atoms with Crippen LogP contribution in [0, 0.1) is 0 Å². The molecular weight excluding hydrogens is 276 g/mol. The Balaban J connectivity index is 1.97. The lowest BCUT2D eigenvalue weighted by Gasteiger charge is -2.11. The fourth-order valence-corrected chi connectivity index (χ4v) is 2.49. The van der Waals surface area contributed by atoms with E-state index < -0.39 is 5.60 Å². The lowest BCUT2D eigenvalue weighted by atomic mass is 9.97. The van der Waals surface area contributed by atoms with Crippen molar-refractivity contribution in [2.75, 3.05) is 6.61 Å². The van der Waals surface area contributed by atoms with Gasteiger partial charge in [0.05, 0.1) is 6.61 Å². The van der Waals surface area contributed by atoms with E-state index in [9.17, 15) is 4.79 Å². The van der Waals surface area contributed by atoms with Gasteiger partial charge in [0.25, 0.3) is 0 Å². The van der Waals surface area contributed by atoms with Crippen LogP contribution in [0.25, 0.3) is 6.08 Å². The fourth-order valence-electron chi connectivity index (χ4n) is 2.49. The van der Waals surface area contributed by atoms with Crippen molar-refractivity contribution in [3.8, 4) is 0 Å². The SMILES string of the molecule is CCCCOC(=O)C1(CCCC)OC1C=Cc1ccccc1. The first kappa shape index (κ1) is 16.8. The molecule has 1 saturated heterocycles. The van der Waals surface area contributed by atoms with E-state index in [1.807, 2.05) is 42.5 Å². The fraction of sp³-hybridized carbons (Fsp3) is 0.526. The highest BCUT2D eigenvalue weighted by Gasteiger charge is 2.61. The van der Waals surface area contributed by atoms with E-state index in [-0.39, 0.29) is 12.1 Å². The Labute approximate surface area is 133 Å². The molecule has 0 aliphatic carbocycles. The standard InChI is InChI=1S/C19H26O3/c1-3-5-14-19(18(20)21-15-6-4-2)17(22-19)13-12-16-10-8-7-9-11-16/h7-13,17H,3-6,14-15H2,1-2H3. The number of ether oxygens (including phenoxy) is 2. The maximum atomic E-state index is 12.3. The first-order chi connectivity index (χ1) is 10.7. The number of carbonyl (C=O) groups excluding carboxylic acids is 1.